The molecule has 0 saturated carbocycles. The molecule has 2 aliphatic rings. The van der Waals surface area contributed by atoms with Crippen molar-refractivity contribution in [3.05, 3.63) is 28.3 Å². The van der Waals surface area contributed by atoms with E-state index >= 15 is 0 Å². The van der Waals surface area contributed by atoms with Crippen molar-refractivity contribution in [2.45, 2.75) is 56.2 Å². The minimum absolute atomic E-state index is 0.0318. The summed E-state index contributed by atoms with van der Waals surface area (Å²) in [5.74, 6) is -1.20. The van der Waals surface area contributed by atoms with Crippen molar-refractivity contribution >= 4 is 33.4 Å². The van der Waals surface area contributed by atoms with Crippen LogP contribution in [0.15, 0.2) is 17.0 Å². The number of primary amides is 1. The minimum atomic E-state index is -3.94. The zero-order valence-electron chi connectivity index (χ0n) is 15.8. The van der Waals surface area contributed by atoms with Gasteiger partial charge in [0.1, 0.15) is 12.1 Å². The molecular formula is C18H24ClN3O5S. The third kappa shape index (κ3) is 3.63. The number of carbonyl (C=O) groups is 2. The standard InChI is InChI=1S/C18H24ClN3O5S/c1-10-7-16(11(2)6-13(10)19)28(26,27)22-5-3-4-14(22)18(25)21-9-12(23)8-15(21)17(20)24/h6-7,12,14-15,23H,3-5,8-9H2,1-2H3,(H2,20,24)/t12-,14-,15-/m1/s1. The van der Waals surface area contributed by atoms with Crippen LogP contribution in [0.4, 0.5) is 0 Å². The summed E-state index contributed by atoms with van der Waals surface area (Å²) in [5.41, 5.74) is 6.49. The zero-order chi connectivity index (χ0) is 20.8. The molecule has 2 saturated heterocycles. The number of rotatable bonds is 4. The Labute approximate surface area is 169 Å². The molecule has 10 heteroatoms. The fourth-order valence-electron chi connectivity index (χ4n) is 3.95. The molecule has 0 spiro atoms. The number of β-amino-alcohol motifs (C(OH)–C–C–N with tert-alkyl or cyclic N) is 1. The zero-order valence-corrected chi connectivity index (χ0v) is 17.3. The van der Waals surface area contributed by atoms with E-state index in [9.17, 15) is 23.1 Å². The van der Waals surface area contributed by atoms with Gasteiger partial charge < -0.3 is 15.7 Å². The van der Waals surface area contributed by atoms with Crippen molar-refractivity contribution in [3.8, 4) is 0 Å². The van der Waals surface area contributed by atoms with Crippen LogP contribution in [-0.4, -0.2) is 65.8 Å². The summed E-state index contributed by atoms with van der Waals surface area (Å²) >= 11 is 6.08. The van der Waals surface area contributed by atoms with Crippen LogP contribution >= 0.6 is 11.6 Å². The highest BCUT2D eigenvalue weighted by Gasteiger charge is 2.46. The minimum Gasteiger partial charge on any atom is -0.391 e. The number of aliphatic hydroxyl groups excluding tert-OH is 1. The van der Waals surface area contributed by atoms with E-state index in [1.54, 1.807) is 19.9 Å². The molecule has 2 aliphatic heterocycles. The van der Waals surface area contributed by atoms with E-state index in [0.717, 1.165) is 0 Å². The molecule has 1 aromatic rings. The molecule has 0 bridgehead atoms. The van der Waals surface area contributed by atoms with Crippen molar-refractivity contribution in [1.29, 1.82) is 0 Å². The molecule has 0 aliphatic carbocycles. The van der Waals surface area contributed by atoms with Gasteiger partial charge in [-0.1, -0.05) is 11.6 Å². The number of amides is 2. The smallest absolute Gasteiger partial charge is 0.244 e. The van der Waals surface area contributed by atoms with Gasteiger partial charge in [0.25, 0.3) is 0 Å². The lowest BCUT2D eigenvalue weighted by atomic mass is 10.1. The first-order valence-electron chi connectivity index (χ1n) is 9.10. The van der Waals surface area contributed by atoms with Crippen LogP contribution in [0.5, 0.6) is 0 Å². The maximum absolute atomic E-state index is 13.3. The molecular weight excluding hydrogens is 406 g/mol. The van der Waals surface area contributed by atoms with Gasteiger partial charge in [0.15, 0.2) is 0 Å². The van der Waals surface area contributed by atoms with Crippen LogP contribution in [-0.2, 0) is 19.6 Å². The van der Waals surface area contributed by atoms with E-state index in [1.165, 1.54) is 15.3 Å². The second-order valence-electron chi connectivity index (χ2n) is 7.44. The maximum Gasteiger partial charge on any atom is 0.244 e. The van der Waals surface area contributed by atoms with Gasteiger partial charge in [0, 0.05) is 24.5 Å². The first-order chi connectivity index (χ1) is 13.0. The third-order valence-corrected chi connectivity index (χ3v) is 7.88. The van der Waals surface area contributed by atoms with E-state index in [0.29, 0.717) is 29.0 Å². The van der Waals surface area contributed by atoms with Crippen molar-refractivity contribution in [2.75, 3.05) is 13.1 Å². The highest BCUT2D eigenvalue weighted by Crippen LogP contribution is 2.32. The molecule has 0 aromatic heterocycles. The highest BCUT2D eigenvalue weighted by atomic mass is 35.5. The Balaban J connectivity index is 1.93. The van der Waals surface area contributed by atoms with Gasteiger partial charge in [-0.15, -0.1) is 0 Å². The van der Waals surface area contributed by atoms with Crippen LogP contribution in [0.3, 0.4) is 0 Å². The number of hydrogen-bond donors (Lipinski definition) is 2. The molecule has 0 radical (unpaired) electrons. The number of halogens is 1. The molecule has 2 heterocycles. The average Bonchev–Trinajstić information content (AvgIpc) is 3.24. The second-order valence-corrected chi connectivity index (χ2v) is 9.71. The number of sulfonamides is 1. The van der Waals surface area contributed by atoms with E-state index in [2.05, 4.69) is 0 Å². The Bertz CT molecular complexity index is 920. The van der Waals surface area contributed by atoms with Crippen molar-refractivity contribution in [1.82, 2.24) is 9.21 Å². The van der Waals surface area contributed by atoms with Gasteiger partial charge in [-0.25, -0.2) is 8.42 Å². The second kappa shape index (κ2) is 7.62. The summed E-state index contributed by atoms with van der Waals surface area (Å²) in [6.45, 7) is 3.55. The van der Waals surface area contributed by atoms with Crippen LogP contribution < -0.4 is 5.73 Å². The summed E-state index contributed by atoms with van der Waals surface area (Å²) in [6, 6.07) is 1.26. The first-order valence-corrected chi connectivity index (χ1v) is 10.9. The Kier molecular flexibility index (Phi) is 5.73. The van der Waals surface area contributed by atoms with Gasteiger partial charge in [-0.3, -0.25) is 9.59 Å². The molecule has 1 aromatic carbocycles. The van der Waals surface area contributed by atoms with E-state index in [1.807, 2.05) is 0 Å². The summed E-state index contributed by atoms with van der Waals surface area (Å²) < 4.78 is 27.8. The van der Waals surface area contributed by atoms with Gasteiger partial charge in [-0.05, 0) is 49.9 Å². The Morgan fingerprint density at radius 3 is 2.54 bits per heavy atom. The Morgan fingerprint density at radius 2 is 1.89 bits per heavy atom. The number of nitrogens with two attached hydrogens (primary N) is 1. The number of likely N-dealkylation sites (tertiary alicyclic amines) is 1. The topological polar surface area (TPSA) is 121 Å². The maximum atomic E-state index is 13.3. The summed E-state index contributed by atoms with van der Waals surface area (Å²) in [7, 11) is -3.94. The molecule has 28 heavy (non-hydrogen) atoms. The first kappa shape index (κ1) is 21.0. The molecule has 2 fully saturated rings. The summed E-state index contributed by atoms with van der Waals surface area (Å²) in [5, 5.41) is 10.3. The summed E-state index contributed by atoms with van der Waals surface area (Å²) in [4.78, 5) is 26.1. The van der Waals surface area contributed by atoms with E-state index < -0.39 is 40.0 Å². The lowest BCUT2D eigenvalue weighted by Gasteiger charge is -2.30. The fraction of sp³-hybridized carbons (Fsp3) is 0.556. The molecule has 3 N–H and O–H groups in total. The van der Waals surface area contributed by atoms with E-state index in [4.69, 9.17) is 17.3 Å². The number of aryl methyl sites for hydroxylation is 2. The molecule has 2 amide bonds. The molecule has 154 valence electrons. The lowest BCUT2D eigenvalue weighted by Crippen LogP contribution is -2.52. The van der Waals surface area contributed by atoms with Crippen molar-refractivity contribution in [3.63, 3.8) is 0 Å². The van der Waals surface area contributed by atoms with Crippen LogP contribution in [0.1, 0.15) is 30.4 Å². The Morgan fingerprint density at radius 1 is 1.21 bits per heavy atom. The van der Waals surface area contributed by atoms with Gasteiger partial charge in [0.2, 0.25) is 21.8 Å². The quantitative estimate of drug-likeness (QED) is 0.724. The van der Waals surface area contributed by atoms with Crippen molar-refractivity contribution < 1.29 is 23.1 Å². The van der Waals surface area contributed by atoms with Crippen LogP contribution in [0.25, 0.3) is 0 Å². The molecule has 0 unspecified atom stereocenters. The monoisotopic (exact) mass is 429 g/mol. The number of carbonyl (C=O) groups excluding carboxylic acids is 2. The lowest BCUT2D eigenvalue weighted by molar-refractivity contribution is -0.140. The van der Waals surface area contributed by atoms with E-state index in [-0.39, 0.29) is 24.4 Å². The predicted molar refractivity (Wildman–Crippen MR) is 103 cm³/mol. The third-order valence-electron chi connectivity index (χ3n) is 5.42. The van der Waals surface area contributed by atoms with Crippen LogP contribution in [0.2, 0.25) is 5.02 Å². The number of hydrogen-bond acceptors (Lipinski definition) is 5. The number of nitrogens with zero attached hydrogens (tertiary/aromatic N) is 2. The molecule has 3 rings (SSSR count). The predicted octanol–water partition coefficient (Wildman–Crippen LogP) is 0.557. The van der Waals surface area contributed by atoms with Gasteiger partial charge in [0.05, 0.1) is 11.0 Å². The highest BCUT2D eigenvalue weighted by molar-refractivity contribution is 7.89. The summed E-state index contributed by atoms with van der Waals surface area (Å²) in [6.07, 6.45) is 0.0884. The molecule has 3 atom stereocenters. The van der Waals surface area contributed by atoms with Gasteiger partial charge in [-0.2, -0.15) is 4.31 Å². The van der Waals surface area contributed by atoms with Crippen LogP contribution in [0, 0.1) is 13.8 Å². The molecule has 8 nitrogen and oxygen atoms in total. The Hall–Kier alpha value is -1.68. The largest absolute Gasteiger partial charge is 0.391 e. The number of benzene rings is 1. The normalized spacial score (nSPS) is 26.0. The van der Waals surface area contributed by atoms with Gasteiger partial charge >= 0.3 is 0 Å². The van der Waals surface area contributed by atoms with Crippen molar-refractivity contribution in [2.24, 2.45) is 5.73 Å². The number of aliphatic hydroxyl groups is 1. The fourth-order valence-corrected chi connectivity index (χ4v) is 6.11. The average molecular weight is 430 g/mol. The SMILES string of the molecule is Cc1cc(S(=O)(=O)N2CCC[C@@H]2C(=O)N2C[C@H](O)C[C@@H]2C(N)=O)c(C)cc1Cl.